The highest BCUT2D eigenvalue weighted by Crippen LogP contribution is 2.28. The molecule has 0 radical (unpaired) electrons. The van der Waals surface area contributed by atoms with Gasteiger partial charge in [-0.2, -0.15) is 0 Å². The fourth-order valence-corrected chi connectivity index (χ4v) is 4.99. The molecule has 1 aliphatic heterocycles. The van der Waals surface area contributed by atoms with Crippen LogP contribution in [0.25, 0.3) is 0 Å². The Morgan fingerprint density at radius 2 is 1.96 bits per heavy atom. The third-order valence-electron chi connectivity index (χ3n) is 4.18. The van der Waals surface area contributed by atoms with Crippen molar-refractivity contribution >= 4 is 45.1 Å². The fourth-order valence-electron chi connectivity index (χ4n) is 2.82. The minimum absolute atomic E-state index is 0.0149. The molecular formula is C17H22Cl2N2O5S. The highest BCUT2D eigenvalue weighted by molar-refractivity contribution is 7.89. The van der Waals surface area contributed by atoms with E-state index in [2.05, 4.69) is 11.6 Å². The maximum Gasteiger partial charge on any atom is 0.307 e. The van der Waals surface area contributed by atoms with Gasteiger partial charge in [-0.1, -0.05) is 36.2 Å². The summed E-state index contributed by atoms with van der Waals surface area (Å²) in [5.41, 5.74) is 0. The van der Waals surface area contributed by atoms with Crippen LogP contribution in [-0.2, 0) is 24.3 Å². The molecule has 1 aromatic rings. The van der Waals surface area contributed by atoms with Gasteiger partial charge in [-0.3, -0.25) is 9.59 Å². The SMILES string of the molecule is CC1CCCN(C(=O)COC(=O)CCNS(=O)(=O)c2c(Cl)cccc2Cl)C1. The van der Waals surface area contributed by atoms with E-state index in [1.54, 1.807) is 4.90 Å². The van der Waals surface area contributed by atoms with Crippen LogP contribution < -0.4 is 4.72 Å². The molecule has 0 spiro atoms. The van der Waals surface area contributed by atoms with Crippen molar-refractivity contribution in [3.8, 4) is 0 Å². The molecule has 27 heavy (non-hydrogen) atoms. The van der Waals surface area contributed by atoms with Gasteiger partial charge in [0.25, 0.3) is 5.91 Å². The Labute approximate surface area is 169 Å². The number of nitrogens with zero attached hydrogens (tertiary/aromatic N) is 1. The Bertz CT molecular complexity index is 780. The van der Waals surface area contributed by atoms with E-state index in [9.17, 15) is 18.0 Å². The second-order valence-corrected chi connectivity index (χ2v) is 8.96. The van der Waals surface area contributed by atoms with Crippen LogP contribution in [0.5, 0.6) is 0 Å². The molecule has 1 atom stereocenters. The summed E-state index contributed by atoms with van der Waals surface area (Å²) in [7, 11) is -3.97. The first-order valence-electron chi connectivity index (χ1n) is 8.58. The lowest BCUT2D eigenvalue weighted by Gasteiger charge is -2.30. The van der Waals surface area contributed by atoms with Crippen molar-refractivity contribution in [3.63, 3.8) is 0 Å². The van der Waals surface area contributed by atoms with E-state index in [1.165, 1.54) is 18.2 Å². The Morgan fingerprint density at radius 1 is 1.30 bits per heavy atom. The second kappa shape index (κ2) is 9.73. The number of carbonyl (C=O) groups excluding carboxylic acids is 2. The molecule has 0 aromatic heterocycles. The van der Waals surface area contributed by atoms with Crippen molar-refractivity contribution in [1.29, 1.82) is 0 Å². The predicted octanol–water partition coefficient (Wildman–Crippen LogP) is 2.46. The van der Waals surface area contributed by atoms with Crippen LogP contribution in [0.15, 0.2) is 23.1 Å². The number of hydrogen-bond donors (Lipinski definition) is 1. The Kier molecular flexibility index (Phi) is 7.91. The van der Waals surface area contributed by atoms with Crippen molar-refractivity contribution in [2.45, 2.75) is 31.1 Å². The van der Waals surface area contributed by atoms with Gasteiger partial charge < -0.3 is 9.64 Å². The van der Waals surface area contributed by atoms with Gasteiger partial charge >= 0.3 is 5.97 Å². The molecule has 1 amide bonds. The van der Waals surface area contributed by atoms with Gasteiger partial charge in [-0.05, 0) is 30.9 Å². The number of amides is 1. The summed E-state index contributed by atoms with van der Waals surface area (Å²) in [5.74, 6) is -0.468. The number of hydrogen-bond acceptors (Lipinski definition) is 5. The number of rotatable bonds is 7. The molecule has 10 heteroatoms. The molecule has 7 nitrogen and oxygen atoms in total. The third kappa shape index (κ3) is 6.34. The Morgan fingerprint density at radius 3 is 2.59 bits per heavy atom. The summed E-state index contributed by atoms with van der Waals surface area (Å²) < 4.78 is 31.7. The number of piperidine rings is 1. The summed E-state index contributed by atoms with van der Waals surface area (Å²) >= 11 is 11.8. The number of sulfonamides is 1. The number of carbonyl (C=O) groups is 2. The molecule has 1 heterocycles. The number of ether oxygens (including phenoxy) is 1. The van der Waals surface area contributed by atoms with Gasteiger partial charge in [0.05, 0.1) is 16.5 Å². The van der Waals surface area contributed by atoms with E-state index in [4.69, 9.17) is 27.9 Å². The van der Waals surface area contributed by atoms with Gasteiger partial charge in [0.15, 0.2) is 6.61 Å². The third-order valence-corrected chi connectivity index (χ3v) is 6.59. The van der Waals surface area contributed by atoms with Crippen LogP contribution in [0, 0.1) is 5.92 Å². The predicted molar refractivity (Wildman–Crippen MR) is 102 cm³/mol. The summed E-state index contributed by atoms with van der Waals surface area (Å²) in [4.78, 5) is 25.3. The summed E-state index contributed by atoms with van der Waals surface area (Å²) in [6.45, 7) is 2.86. The fraction of sp³-hybridized carbons (Fsp3) is 0.529. The zero-order chi connectivity index (χ0) is 20.0. The minimum Gasteiger partial charge on any atom is -0.456 e. The number of esters is 1. The van der Waals surface area contributed by atoms with E-state index >= 15 is 0 Å². The maximum absolute atomic E-state index is 12.3. The van der Waals surface area contributed by atoms with Crippen molar-refractivity contribution in [2.75, 3.05) is 26.2 Å². The largest absolute Gasteiger partial charge is 0.456 e. The summed E-state index contributed by atoms with van der Waals surface area (Å²) in [6, 6.07) is 4.34. The molecule has 1 saturated heterocycles. The lowest BCUT2D eigenvalue weighted by molar-refractivity contribution is -0.152. The molecule has 1 aliphatic rings. The van der Waals surface area contributed by atoms with Gasteiger partial charge in [0, 0.05) is 19.6 Å². The van der Waals surface area contributed by atoms with Crippen LogP contribution in [0.1, 0.15) is 26.2 Å². The van der Waals surface area contributed by atoms with Gasteiger partial charge in [0.1, 0.15) is 4.90 Å². The summed E-state index contributed by atoms with van der Waals surface area (Å²) in [6.07, 6.45) is 1.80. The van der Waals surface area contributed by atoms with Crippen LogP contribution in [0.4, 0.5) is 0 Å². The summed E-state index contributed by atoms with van der Waals surface area (Å²) in [5, 5.41) is -0.0298. The van der Waals surface area contributed by atoms with E-state index in [0.29, 0.717) is 19.0 Å². The first-order chi connectivity index (χ1) is 12.7. The average Bonchev–Trinajstić information content (AvgIpc) is 2.59. The normalized spacial score (nSPS) is 17.6. The van der Waals surface area contributed by atoms with E-state index in [0.717, 1.165) is 12.8 Å². The zero-order valence-corrected chi connectivity index (χ0v) is 17.2. The molecule has 0 bridgehead atoms. The number of benzene rings is 1. The number of halogens is 2. The van der Waals surface area contributed by atoms with Gasteiger partial charge in [-0.25, -0.2) is 13.1 Å². The average molecular weight is 437 g/mol. The molecule has 1 aromatic carbocycles. The van der Waals surface area contributed by atoms with Gasteiger partial charge in [0.2, 0.25) is 10.0 Å². The molecule has 2 rings (SSSR count). The van der Waals surface area contributed by atoms with Crippen molar-refractivity contribution < 1.29 is 22.7 Å². The van der Waals surface area contributed by atoms with Gasteiger partial charge in [-0.15, -0.1) is 0 Å². The monoisotopic (exact) mass is 436 g/mol. The van der Waals surface area contributed by atoms with Crippen LogP contribution in [0.3, 0.4) is 0 Å². The van der Waals surface area contributed by atoms with E-state index < -0.39 is 16.0 Å². The smallest absolute Gasteiger partial charge is 0.307 e. The molecule has 1 N–H and O–H groups in total. The highest BCUT2D eigenvalue weighted by Gasteiger charge is 2.23. The van der Waals surface area contributed by atoms with Crippen molar-refractivity contribution in [3.05, 3.63) is 28.2 Å². The first kappa shape index (κ1) is 21.9. The highest BCUT2D eigenvalue weighted by atomic mass is 35.5. The molecule has 1 fully saturated rings. The van der Waals surface area contributed by atoms with Crippen LogP contribution in [-0.4, -0.2) is 51.4 Å². The molecule has 150 valence electrons. The van der Waals surface area contributed by atoms with Crippen molar-refractivity contribution in [2.24, 2.45) is 5.92 Å². The quantitative estimate of drug-likeness (QED) is 0.662. The van der Waals surface area contributed by atoms with Crippen molar-refractivity contribution in [1.82, 2.24) is 9.62 Å². The zero-order valence-electron chi connectivity index (χ0n) is 14.9. The van der Waals surface area contributed by atoms with Crippen LogP contribution in [0.2, 0.25) is 10.0 Å². The van der Waals surface area contributed by atoms with E-state index in [-0.39, 0.29) is 40.4 Å². The minimum atomic E-state index is -3.97. The molecule has 1 unspecified atom stereocenters. The second-order valence-electron chi connectivity index (χ2n) is 6.45. The van der Waals surface area contributed by atoms with Crippen LogP contribution >= 0.6 is 23.2 Å². The Hall–Kier alpha value is -1.35. The molecule has 0 aliphatic carbocycles. The topological polar surface area (TPSA) is 92.8 Å². The number of likely N-dealkylation sites (tertiary alicyclic amines) is 1. The standard InChI is InChI=1S/C17H22Cl2N2O5S/c1-12-4-3-9-21(10-12)15(22)11-26-16(23)7-8-20-27(24,25)17-13(18)5-2-6-14(17)19/h2,5-6,12,20H,3-4,7-11H2,1H3. The lowest BCUT2D eigenvalue weighted by Crippen LogP contribution is -2.41. The maximum atomic E-state index is 12.3. The number of nitrogens with one attached hydrogen (secondary N) is 1. The molecule has 0 saturated carbocycles. The Balaban J connectivity index is 1.78. The van der Waals surface area contributed by atoms with E-state index in [1.807, 2.05) is 0 Å². The lowest BCUT2D eigenvalue weighted by atomic mass is 10.0. The first-order valence-corrected chi connectivity index (χ1v) is 10.8. The molecular weight excluding hydrogens is 415 g/mol.